The van der Waals surface area contributed by atoms with Crippen molar-refractivity contribution < 1.29 is 0 Å². The van der Waals surface area contributed by atoms with E-state index >= 15 is 0 Å². The van der Waals surface area contributed by atoms with Crippen molar-refractivity contribution in [2.45, 2.75) is 158 Å². The van der Waals surface area contributed by atoms with Crippen molar-refractivity contribution in [2.75, 3.05) is 13.1 Å². The fourth-order valence-electron chi connectivity index (χ4n) is 10.4. The van der Waals surface area contributed by atoms with Crippen LogP contribution < -0.4 is 10.6 Å². The van der Waals surface area contributed by atoms with Crippen molar-refractivity contribution in [3.05, 3.63) is 104 Å². The summed E-state index contributed by atoms with van der Waals surface area (Å²) in [7, 11) is 0. The number of pyridine rings is 2. The van der Waals surface area contributed by atoms with E-state index in [1.54, 1.807) is 0 Å². The number of hydrogen-bond acceptors (Lipinski definition) is 4. The Bertz CT molecular complexity index is 2070. The number of nitrogens with zero attached hydrogens (tertiary/aromatic N) is 2. The maximum Gasteiger partial charge on any atom is 0.0886 e. The van der Waals surface area contributed by atoms with E-state index in [2.05, 4.69) is 136 Å². The number of aromatic amines is 4. The quantitative estimate of drug-likeness (QED) is 0.0547. The van der Waals surface area contributed by atoms with Crippen molar-refractivity contribution >= 4 is 0 Å². The van der Waals surface area contributed by atoms with Crippen LogP contribution in [-0.4, -0.2) is 43.0 Å². The summed E-state index contributed by atoms with van der Waals surface area (Å²) in [4.78, 5) is 27.5. The van der Waals surface area contributed by atoms with Crippen LogP contribution in [0, 0.1) is 0 Å². The third-order valence-corrected chi connectivity index (χ3v) is 13.3. The molecule has 0 saturated heterocycles. The molecule has 0 saturated carbocycles. The van der Waals surface area contributed by atoms with Crippen molar-refractivity contribution in [1.29, 1.82) is 0 Å². The van der Waals surface area contributed by atoms with Gasteiger partial charge in [0, 0.05) is 22.8 Å². The van der Waals surface area contributed by atoms with Crippen molar-refractivity contribution in [1.82, 2.24) is 40.5 Å². The molecule has 7 heterocycles. The average molecular weight is 809 g/mol. The Hall–Kier alpha value is -4.66. The van der Waals surface area contributed by atoms with Crippen LogP contribution in [0.3, 0.4) is 0 Å². The fraction of sp³-hybridized carbons (Fsp3) is 0.500. The van der Waals surface area contributed by atoms with Crippen molar-refractivity contribution in [3.63, 3.8) is 0 Å². The number of rotatable bonds is 16. The smallest absolute Gasteiger partial charge is 0.0886 e. The normalized spacial score (nSPS) is 14.9. The van der Waals surface area contributed by atoms with Gasteiger partial charge >= 0.3 is 0 Å². The highest BCUT2D eigenvalue weighted by molar-refractivity contribution is 5.73. The van der Waals surface area contributed by atoms with Crippen LogP contribution in [-0.2, 0) is 51.4 Å². The summed E-state index contributed by atoms with van der Waals surface area (Å²) in [5.74, 6) is 0. The van der Waals surface area contributed by atoms with E-state index in [4.69, 9.17) is 9.97 Å². The molecule has 0 aliphatic carbocycles. The number of unbranched alkanes of at least 4 members (excludes halogenated alkanes) is 2. The monoisotopic (exact) mass is 809 g/mol. The molecule has 320 valence electrons. The Balaban J connectivity index is 1.59. The summed E-state index contributed by atoms with van der Waals surface area (Å²) in [5, 5.41) is 8.15. The highest BCUT2D eigenvalue weighted by Gasteiger charge is 2.32. The van der Waals surface area contributed by atoms with Gasteiger partial charge in [-0.05, 0) is 146 Å². The number of fused-ring (bicyclic) bond motifs is 16. The minimum atomic E-state index is -0.0387. The van der Waals surface area contributed by atoms with Gasteiger partial charge in [0.2, 0.25) is 0 Å². The SMILES string of the molecule is CCCCNC1c2[nH]c(c(CC)c2CC)-c2cccc(n2)-c2[nH]c(c(CC)c2CC)C(NCCCC)c2[nH]c(c(CC)c2CC)-c2cccc(n2)-c2[nH]c1c(CC)c2CC. The van der Waals surface area contributed by atoms with Crippen LogP contribution in [0.15, 0.2) is 36.4 Å². The van der Waals surface area contributed by atoms with Gasteiger partial charge in [-0.2, -0.15) is 0 Å². The van der Waals surface area contributed by atoms with E-state index in [9.17, 15) is 0 Å². The molecule has 8 heteroatoms. The van der Waals surface area contributed by atoms with E-state index in [0.29, 0.717) is 0 Å². The van der Waals surface area contributed by atoms with Crippen LogP contribution in [0.1, 0.15) is 174 Å². The number of nitrogens with one attached hydrogen (secondary N) is 6. The third kappa shape index (κ3) is 7.75. The van der Waals surface area contributed by atoms with Gasteiger partial charge in [0.05, 0.1) is 57.6 Å². The molecule has 0 aromatic carbocycles. The first-order valence-electron chi connectivity index (χ1n) is 23.7. The van der Waals surface area contributed by atoms with Crippen molar-refractivity contribution in [3.8, 4) is 45.6 Å². The lowest BCUT2D eigenvalue weighted by Crippen LogP contribution is -2.26. The summed E-state index contributed by atoms with van der Waals surface area (Å²) < 4.78 is 0. The lowest BCUT2D eigenvalue weighted by Gasteiger charge is -2.21. The standard InChI is InChI=1S/C52H72N8/c1-11-21-29-53-51-47-35(17-7)31(13-3)43(57-47)39-25-23-27-41(55-39)45-33(15-5)37(19-9)49(59-45)52(54-30-22-12-2)50-38(20-10)34(16-6)46(60-50)42-28-24-26-40(56-42)44-32(14-4)36(18-8)48(51)58-44/h23-28,51-54,57-60H,11-22,29-30H2,1-10H3. The van der Waals surface area contributed by atoms with Gasteiger partial charge in [-0.3, -0.25) is 0 Å². The van der Waals surface area contributed by atoms with E-state index in [-0.39, 0.29) is 12.1 Å². The Morgan fingerprint density at radius 1 is 0.383 bits per heavy atom. The fourth-order valence-corrected chi connectivity index (χ4v) is 10.4. The van der Waals surface area contributed by atoms with Crippen LogP contribution in [0.5, 0.6) is 0 Å². The molecule has 0 unspecified atom stereocenters. The molecule has 6 N–H and O–H groups in total. The summed E-state index contributed by atoms with van der Waals surface area (Å²) in [5.41, 5.74) is 24.5. The maximum atomic E-state index is 5.56. The first kappa shape index (κ1) is 43.4. The van der Waals surface area contributed by atoms with Gasteiger partial charge < -0.3 is 30.6 Å². The second-order valence-corrected chi connectivity index (χ2v) is 16.6. The largest absolute Gasteiger partial charge is 0.355 e. The number of H-pyrrole nitrogens is 4. The first-order valence-corrected chi connectivity index (χ1v) is 23.7. The Morgan fingerprint density at radius 2 is 0.633 bits per heavy atom. The highest BCUT2D eigenvalue weighted by atomic mass is 15.0. The molecule has 0 radical (unpaired) electrons. The molecule has 0 amide bonds. The predicted molar refractivity (Wildman–Crippen MR) is 252 cm³/mol. The second kappa shape index (κ2) is 19.4. The van der Waals surface area contributed by atoms with Crippen molar-refractivity contribution in [2.24, 2.45) is 0 Å². The Kier molecular flexibility index (Phi) is 14.0. The molecule has 1 aliphatic heterocycles. The second-order valence-electron chi connectivity index (χ2n) is 16.6. The van der Waals surface area contributed by atoms with Gasteiger partial charge in [-0.25, -0.2) is 9.97 Å². The van der Waals surface area contributed by atoms with Gasteiger partial charge in [0.1, 0.15) is 0 Å². The molecule has 0 spiro atoms. The number of aromatic nitrogens is 6. The molecule has 6 aromatic rings. The zero-order valence-electron chi connectivity index (χ0n) is 38.4. The molecule has 7 rings (SSSR count). The third-order valence-electron chi connectivity index (χ3n) is 13.3. The molecular weight excluding hydrogens is 737 g/mol. The lowest BCUT2D eigenvalue weighted by atomic mass is 9.94. The molecule has 1 aliphatic rings. The van der Waals surface area contributed by atoms with E-state index in [1.807, 2.05) is 0 Å². The highest BCUT2D eigenvalue weighted by Crippen LogP contribution is 2.42. The Labute approximate surface area is 360 Å². The average Bonchev–Trinajstić information content (AvgIpc) is 4.05. The predicted octanol–water partition coefficient (Wildman–Crippen LogP) is 12.2. The van der Waals surface area contributed by atoms with E-state index in [0.717, 1.165) is 136 Å². The minimum absolute atomic E-state index is 0.0387. The zero-order valence-corrected chi connectivity index (χ0v) is 38.4. The van der Waals surface area contributed by atoms with Gasteiger partial charge in [-0.15, -0.1) is 0 Å². The molecule has 12 bridgehead atoms. The van der Waals surface area contributed by atoms with E-state index < -0.39 is 0 Å². The topological polar surface area (TPSA) is 113 Å². The first-order chi connectivity index (χ1) is 29.4. The van der Waals surface area contributed by atoms with Gasteiger partial charge in [0.25, 0.3) is 0 Å². The summed E-state index contributed by atoms with van der Waals surface area (Å²) in [6, 6.07) is 13.1. The summed E-state index contributed by atoms with van der Waals surface area (Å²) in [6.07, 6.45) is 11.9. The maximum absolute atomic E-state index is 5.56. The molecule has 6 aromatic heterocycles. The zero-order chi connectivity index (χ0) is 42.5. The van der Waals surface area contributed by atoms with Gasteiger partial charge in [0.15, 0.2) is 0 Å². The number of hydrogen-bond donors (Lipinski definition) is 6. The molecule has 0 fully saturated rings. The van der Waals surface area contributed by atoms with Crippen LogP contribution in [0.25, 0.3) is 45.6 Å². The summed E-state index contributed by atoms with van der Waals surface area (Å²) >= 11 is 0. The van der Waals surface area contributed by atoms with E-state index in [1.165, 1.54) is 67.3 Å². The van der Waals surface area contributed by atoms with Gasteiger partial charge in [-0.1, -0.05) is 94.2 Å². The van der Waals surface area contributed by atoms with Crippen LogP contribution >= 0.6 is 0 Å². The Morgan fingerprint density at radius 3 is 0.850 bits per heavy atom. The molecular formula is C52H72N8. The molecule has 8 nitrogen and oxygen atoms in total. The molecule has 0 atom stereocenters. The minimum Gasteiger partial charge on any atom is -0.355 e. The van der Waals surface area contributed by atoms with Crippen LogP contribution in [0.2, 0.25) is 0 Å². The summed E-state index contributed by atoms with van der Waals surface area (Å²) in [6.45, 7) is 24.8. The lowest BCUT2D eigenvalue weighted by molar-refractivity contribution is 0.556. The van der Waals surface area contributed by atoms with Crippen LogP contribution in [0.4, 0.5) is 0 Å². The molecule has 60 heavy (non-hydrogen) atoms.